The summed E-state index contributed by atoms with van der Waals surface area (Å²) >= 11 is 6.24. The van der Waals surface area contributed by atoms with Crippen LogP contribution in [0.15, 0.2) is 28.8 Å². The van der Waals surface area contributed by atoms with Gasteiger partial charge in [0, 0.05) is 18.2 Å². The van der Waals surface area contributed by atoms with Crippen LogP contribution in [-0.2, 0) is 11.3 Å². The van der Waals surface area contributed by atoms with Gasteiger partial charge in [-0.05, 0) is 57.2 Å². The molecule has 142 valence electrons. The number of nitrogens with zero attached hydrogens (tertiary/aromatic N) is 4. The molecule has 3 heterocycles. The van der Waals surface area contributed by atoms with E-state index in [1.807, 2.05) is 24.3 Å². The van der Waals surface area contributed by atoms with Crippen LogP contribution in [0.5, 0.6) is 0 Å². The van der Waals surface area contributed by atoms with Crippen LogP contribution in [0.25, 0.3) is 11.4 Å². The third-order valence-electron chi connectivity index (χ3n) is 6.17. The van der Waals surface area contributed by atoms with Crippen molar-refractivity contribution in [3.63, 3.8) is 0 Å². The molecule has 1 atom stereocenters. The molecular formula is C20H23ClN4O2. The van der Waals surface area contributed by atoms with Gasteiger partial charge in [0.25, 0.3) is 0 Å². The molecule has 3 fully saturated rings. The Morgan fingerprint density at radius 3 is 2.74 bits per heavy atom. The van der Waals surface area contributed by atoms with Crippen molar-refractivity contribution in [2.45, 2.75) is 56.7 Å². The molecule has 7 heteroatoms. The molecule has 2 saturated heterocycles. The van der Waals surface area contributed by atoms with Crippen LogP contribution >= 0.6 is 11.6 Å². The summed E-state index contributed by atoms with van der Waals surface area (Å²) in [5.41, 5.74) is 0.388. The fraction of sp³-hybridized carbons (Fsp3) is 0.550. The Bertz CT molecular complexity index is 865. The van der Waals surface area contributed by atoms with Crippen molar-refractivity contribution < 1.29 is 9.32 Å². The van der Waals surface area contributed by atoms with Gasteiger partial charge in [-0.1, -0.05) is 28.9 Å². The summed E-state index contributed by atoms with van der Waals surface area (Å²) < 4.78 is 5.51. The summed E-state index contributed by atoms with van der Waals surface area (Å²) in [7, 11) is 0. The lowest BCUT2D eigenvalue weighted by atomic mass is 9.85. The Morgan fingerprint density at radius 1 is 1.19 bits per heavy atom. The molecular weight excluding hydrogens is 364 g/mol. The monoisotopic (exact) mass is 386 g/mol. The van der Waals surface area contributed by atoms with E-state index in [2.05, 4.69) is 19.9 Å². The zero-order chi connectivity index (χ0) is 18.4. The minimum Gasteiger partial charge on any atom is -0.338 e. The van der Waals surface area contributed by atoms with Crippen molar-refractivity contribution in [3.8, 4) is 11.4 Å². The van der Waals surface area contributed by atoms with Gasteiger partial charge in [0.1, 0.15) is 5.54 Å². The normalized spacial score (nSPS) is 26.3. The number of carbonyl (C=O) groups excluding carboxylic acids is 1. The molecule has 1 aliphatic carbocycles. The highest BCUT2D eigenvalue weighted by molar-refractivity contribution is 6.33. The van der Waals surface area contributed by atoms with E-state index < -0.39 is 0 Å². The number of piperidine rings is 1. The second-order valence-corrected chi connectivity index (χ2v) is 8.29. The lowest BCUT2D eigenvalue weighted by molar-refractivity contribution is -0.148. The maximum Gasteiger partial charge on any atom is 0.243 e. The van der Waals surface area contributed by atoms with Crippen molar-refractivity contribution in [1.82, 2.24) is 19.9 Å². The third-order valence-corrected chi connectivity index (χ3v) is 6.50. The molecule has 3 aliphatic rings. The molecule has 0 bridgehead atoms. The second kappa shape index (κ2) is 6.60. The predicted molar refractivity (Wildman–Crippen MR) is 101 cm³/mol. The van der Waals surface area contributed by atoms with E-state index in [1.165, 1.54) is 0 Å². The number of carbonyl (C=O) groups is 1. The Hall–Kier alpha value is -1.92. The number of hydrogen-bond donors (Lipinski definition) is 0. The highest BCUT2D eigenvalue weighted by Gasteiger charge is 2.53. The van der Waals surface area contributed by atoms with E-state index in [9.17, 15) is 4.79 Å². The molecule has 0 radical (unpaired) electrons. The van der Waals surface area contributed by atoms with Gasteiger partial charge < -0.3 is 9.42 Å². The molecule has 27 heavy (non-hydrogen) atoms. The van der Waals surface area contributed by atoms with Crippen molar-refractivity contribution in [1.29, 1.82) is 0 Å². The first-order valence-corrected chi connectivity index (χ1v) is 10.2. The van der Waals surface area contributed by atoms with E-state index in [-0.39, 0.29) is 5.54 Å². The molecule has 1 aromatic carbocycles. The molecule has 2 aliphatic heterocycles. The topological polar surface area (TPSA) is 62.5 Å². The van der Waals surface area contributed by atoms with E-state index in [4.69, 9.17) is 16.1 Å². The van der Waals surface area contributed by atoms with Gasteiger partial charge in [0.2, 0.25) is 17.6 Å². The summed E-state index contributed by atoms with van der Waals surface area (Å²) in [6, 6.07) is 7.95. The summed E-state index contributed by atoms with van der Waals surface area (Å²) in [6.07, 6.45) is 6.30. The molecule has 5 rings (SSSR count). The standard InChI is InChI=1S/C20H23ClN4O2/c21-16-6-2-1-5-15(16)18-22-17(27-23-18)13-24-11-3-9-20(24)10-4-12-25(19(20)26)14-7-8-14/h1-2,5-6,14H,3-4,7-13H2. The Labute approximate surface area is 163 Å². The highest BCUT2D eigenvalue weighted by Crippen LogP contribution is 2.42. The van der Waals surface area contributed by atoms with E-state index >= 15 is 0 Å². The SMILES string of the molecule is O=C1N(C2CC2)CCCC12CCCN2Cc1nc(-c2ccccc2Cl)no1. The van der Waals surface area contributed by atoms with Crippen LogP contribution < -0.4 is 0 Å². The maximum atomic E-state index is 13.3. The van der Waals surface area contributed by atoms with Gasteiger partial charge in [-0.15, -0.1) is 0 Å². The lowest BCUT2D eigenvalue weighted by Crippen LogP contribution is -2.60. The quantitative estimate of drug-likeness (QED) is 0.804. The van der Waals surface area contributed by atoms with Gasteiger partial charge in [-0.25, -0.2) is 0 Å². The van der Waals surface area contributed by atoms with Crippen LogP contribution in [-0.4, -0.2) is 50.5 Å². The zero-order valence-electron chi connectivity index (χ0n) is 15.2. The average Bonchev–Trinajstić information content (AvgIpc) is 3.29. The number of amides is 1. The molecule has 1 saturated carbocycles. The van der Waals surface area contributed by atoms with E-state index in [0.29, 0.717) is 35.2 Å². The van der Waals surface area contributed by atoms with Crippen LogP contribution in [0.3, 0.4) is 0 Å². The zero-order valence-corrected chi connectivity index (χ0v) is 16.0. The molecule has 6 nitrogen and oxygen atoms in total. The van der Waals surface area contributed by atoms with Crippen molar-refractivity contribution >= 4 is 17.5 Å². The van der Waals surface area contributed by atoms with Gasteiger partial charge in [0.15, 0.2) is 0 Å². The number of benzene rings is 1. The first-order chi connectivity index (χ1) is 13.2. The summed E-state index contributed by atoms with van der Waals surface area (Å²) in [5.74, 6) is 1.36. The van der Waals surface area contributed by atoms with Gasteiger partial charge in [-0.3, -0.25) is 9.69 Å². The number of rotatable bonds is 4. The van der Waals surface area contributed by atoms with Gasteiger partial charge >= 0.3 is 0 Å². The van der Waals surface area contributed by atoms with Crippen molar-refractivity contribution in [2.75, 3.05) is 13.1 Å². The fourth-order valence-corrected chi connectivity index (χ4v) is 4.90. The predicted octanol–water partition coefficient (Wildman–Crippen LogP) is 3.51. The first-order valence-electron chi connectivity index (χ1n) is 9.81. The summed E-state index contributed by atoms with van der Waals surface area (Å²) in [5, 5.41) is 4.70. The Morgan fingerprint density at radius 2 is 1.96 bits per heavy atom. The number of hydrogen-bond acceptors (Lipinski definition) is 5. The molecule has 1 aromatic heterocycles. The Balaban J connectivity index is 1.37. The van der Waals surface area contributed by atoms with Gasteiger partial charge in [0.05, 0.1) is 11.6 Å². The molecule has 1 spiro atoms. The summed E-state index contributed by atoms with van der Waals surface area (Å²) in [4.78, 5) is 22.3. The van der Waals surface area contributed by atoms with E-state index in [1.54, 1.807) is 0 Å². The minimum atomic E-state index is -0.375. The van der Waals surface area contributed by atoms with Crippen LogP contribution in [0.2, 0.25) is 5.02 Å². The molecule has 0 N–H and O–H groups in total. The number of halogens is 1. The smallest absolute Gasteiger partial charge is 0.243 e. The Kier molecular flexibility index (Phi) is 4.20. The van der Waals surface area contributed by atoms with E-state index in [0.717, 1.165) is 57.2 Å². The van der Waals surface area contributed by atoms with Crippen LogP contribution in [0, 0.1) is 0 Å². The fourth-order valence-electron chi connectivity index (χ4n) is 4.68. The lowest BCUT2D eigenvalue weighted by Gasteiger charge is -2.44. The number of likely N-dealkylation sites (tertiary alicyclic amines) is 2. The highest BCUT2D eigenvalue weighted by atomic mass is 35.5. The number of aromatic nitrogens is 2. The van der Waals surface area contributed by atoms with Crippen molar-refractivity contribution in [2.24, 2.45) is 0 Å². The molecule has 2 aromatic rings. The first kappa shape index (κ1) is 17.2. The third kappa shape index (κ3) is 2.95. The minimum absolute atomic E-state index is 0.319. The summed E-state index contributed by atoms with van der Waals surface area (Å²) in [6.45, 7) is 2.33. The maximum absolute atomic E-state index is 13.3. The van der Waals surface area contributed by atoms with Crippen molar-refractivity contribution in [3.05, 3.63) is 35.2 Å². The molecule has 1 amide bonds. The largest absolute Gasteiger partial charge is 0.338 e. The molecule has 1 unspecified atom stereocenters. The van der Waals surface area contributed by atoms with Crippen LogP contribution in [0.4, 0.5) is 0 Å². The van der Waals surface area contributed by atoms with Crippen LogP contribution in [0.1, 0.15) is 44.4 Å². The van der Waals surface area contributed by atoms with Gasteiger partial charge in [-0.2, -0.15) is 4.98 Å². The average molecular weight is 387 g/mol. The second-order valence-electron chi connectivity index (χ2n) is 7.88.